The molecule has 5 nitrogen and oxygen atoms in total. The van der Waals surface area contributed by atoms with Crippen LogP contribution in [0.5, 0.6) is 5.75 Å². The van der Waals surface area contributed by atoms with E-state index in [1.165, 1.54) is 0 Å². The minimum Gasteiger partial charge on any atom is -0.425 e. The van der Waals surface area contributed by atoms with Gasteiger partial charge in [0.15, 0.2) is 5.78 Å². The number of fused-ring (bicyclic) bond motifs is 1. The summed E-state index contributed by atoms with van der Waals surface area (Å²) in [5.41, 5.74) is 1.37. The predicted molar refractivity (Wildman–Crippen MR) is 79.9 cm³/mol. The van der Waals surface area contributed by atoms with Crippen LogP contribution in [0.1, 0.15) is 43.0 Å². The standard InChI is InChI=1S/C16H21NO4/c1-2-3-4-9-20-11-16(19)21-12-5-6-14-13(10-12)15(18)7-8-17-14/h5-6,10,17H,2-4,7-9,11H2,1H3. The first kappa shape index (κ1) is 15.5. The van der Waals surface area contributed by atoms with Gasteiger partial charge in [-0.3, -0.25) is 4.79 Å². The first-order valence-electron chi connectivity index (χ1n) is 7.40. The molecule has 114 valence electrons. The molecule has 1 aromatic carbocycles. The van der Waals surface area contributed by atoms with Gasteiger partial charge in [0.1, 0.15) is 12.4 Å². The zero-order valence-corrected chi connectivity index (χ0v) is 12.3. The molecule has 0 fully saturated rings. The lowest BCUT2D eigenvalue weighted by atomic mass is 10.0. The third kappa shape index (κ3) is 4.56. The molecular formula is C16H21NO4. The molecule has 1 aliphatic heterocycles. The van der Waals surface area contributed by atoms with Crippen LogP contribution in [0.25, 0.3) is 0 Å². The molecule has 1 N–H and O–H groups in total. The van der Waals surface area contributed by atoms with Crippen LogP contribution in [0, 0.1) is 0 Å². The van der Waals surface area contributed by atoms with E-state index in [-0.39, 0.29) is 12.4 Å². The number of ether oxygens (including phenoxy) is 2. The van der Waals surface area contributed by atoms with Crippen molar-refractivity contribution < 1.29 is 19.1 Å². The number of hydrogen-bond acceptors (Lipinski definition) is 5. The van der Waals surface area contributed by atoms with E-state index in [2.05, 4.69) is 12.2 Å². The number of rotatable bonds is 7. The van der Waals surface area contributed by atoms with E-state index in [1.807, 2.05) is 0 Å². The summed E-state index contributed by atoms with van der Waals surface area (Å²) in [4.78, 5) is 23.4. The number of hydrogen-bond donors (Lipinski definition) is 1. The van der Waals surface area contributed by atoms with Gasteiger partial charge in [-0.05, 0) is 24.6 Å². The third-order valence-electron chi connectivity index (χ3n) is 3.30. The average molecular weight is 291 g/mol. The van der Waals surface area contributed by atoms with Crippen molar-refractivity contribution in [1.29, 1.82) is 0 Å². The number of Topliss-reactive ketones (excluding diaryl/α,β-unsaturated/α-hetero) is 1. The zero-order chi connectivity index (χ0) is 15.1. The maximum Gasteiger partial charge on any atom is 0.337 e. The Labute approximate surface area is 124 Å². The van der Waals surface area contributed by atoms with Crippen LogP contribution in [0.15, 0.2) is 18.2 Å². The van der Waals surface area contributed by atoms with Gasteiger partial charge in [-0.1, -0.05) is 19.8 Å². The first-order chi connectivity index (χ1) is 10.2. The van der Waals surface area contributed by atoms with Crippen LogP contribution in [-0.2, 0) is 9.53 Å². The highest BCUT2D eigenvalue weighted by atomic mass is 16.6. The van der Waals surface area contributed by atoms with Crippen molar-refractivity contribution >= 4 is 17.4 Å². The Morgan fingerprint density at radius 2 is 2.19 bits per heavy atom. The molecule has 0 aliphatic carbocycles. The normalized spacial score (nSPS) is 13.5. The van der Waals surface area contributed by atoms with E-state index in [0.717, 1.165) is 24.9 Å². The molecule has 0 saturated heterocycles. The van der Waals surface area contributed by atoms with Crippen molar-refractivity contribution in [1.82, 2.24) is 0 Å². The van der Waals surface area contributed by atoms with Crippen LogP contribution < -0.4 is 10.1 Å². The van der Waals surface area contributed by atoms with Gasteiger partial charge in [-0.15, -0.1) is 0 Å². The maximum atomic E-state index is 11.8. The van der Waals surface area contributed by atoms with E-state index in [9.17, 15) is 9.59 Å². The summed E-state index contributed by atoms with van der Waals surface area (Å²) in [5, 5.41) is 3.14. The zero-order valence-electron chi connectivity index (χ0n) is 12.3. The monoisotopic (exact) mass is 291 g/mol. The molecular weight excluding hydrogens is 270 g/mol. The number of anilines is 1. The molecule has 0 unspecified atom stereocenters. The van der Waals surface area contributed by atoms with E-state index >= 15 is 0 Å². The van der Waals surface area contributed by atoms with Crippen LogP contribution >= 0.6 is 0 Å². The summed E-state index contributed by atoms with van der Waals surface area (Å²) in [5.74, 6) is 0.00749. The lowest BCUT2D eigenvalue weighted by Crippen LogP contribution is -2.19. The second-order valence-corrected chi connectivity index (χ2v) is 5.04. The van der Waals surface area contributed by atoms with Gasteiger partial charge in [-0.2, -0.15) is 0 Å². The molecule has 0 amide bonds. The number of unbranched alkanes of at least 4 members (excludes halogenated alkanes) is 2. The Morgan fingerprint density at radius 3 is 3.00 bits per heavy atom. The fourth-order valence-corrected chi connectivity index (χ4v) is 2.19. The van der Waals surface area contributed by atoms with Gasteiger partial charge in [-0.25, -0.2) is 4.79 Å². The molecule has 0 spiro atoms. The van der Waals surface area contributed by atoms with E-state index < -0.39 is 5.97 Å². The third-order valence-corrected chi connectivity index (χ3v) is 3.30. The Hall–Kier alpha value is -1.88. The number of esters is 1. The summed E-state index contributed by atoms with van der Waals surface area (Å²) >= 11 is 0. The van der Waals surface area contributed by atoms with Gasteiger partial charge in [0, 0.05) is 30.8 Å². The molecule has 5 heteroatoms. The number of carbonyl (C=O) groups excluding carboxylic acids is 2. The van der Waals surface area contributed by atoms with Gasteiger partial charge in [0.2, 0.25) is 0 Å². The van der Waals surface area contributed by atoms with E-state index in [1.54, 1.807) is 18.2 Å². The molecule has 1 aliphatic rings. The number of benzene rings is 1. The van der Waals surface area contributed by atoms with Crippen molar-refractivity contribution in [3.63, 3.8) is 0 Å². The second kappa shape index (κ2) is 7.78. The largest absolute Gasteiger partial charge is 0.425 e. The molecule has 0 radical (unpaired) electrons. The molecule has 0 saturated carbocycles. The Bertz CT molecular complexity index is 513. The predicted octanol–water partition coefficient (Wildman–Crippen LogP) is 2.80. The minimum atomic E-state index is -0.442. The molecule has 1 heterocycles. The average Bonchev–Trinajstić information content (AvgIpc) is 2.48. The smallest absolute Gasteiger partial charge is 0.337 e. The molecule has 0 bridgehead atoms. The number of nitrogens with one attached hydrogen (secondary N) is 1. The summed E-state index contributed by atoms with van der Waals surface area (Å²) in [6.07, 6.45) is 3.62. The molecule has 0 aromatic heterocycles. The van der Waals surface area contributed by atoms with E-state index in [4.69, 9.17) is 9.47 Å². The Balaban J connectivity index is 1.84. The van der Waals surface area contributed by atoms with E-state index in [0.29, 0.717) is 30.9 Å². The van der Waals surface area contributed by atoms with Gasteiger partial charge in [0.25, 0.3) is 0 Å². The highest BCUT2D eigenvalue weighted by Crippen LogP contribution is 2.26. The lowest BCUT2D eigenvalue weighted by Gasteiger charge is -2.17. The molecule has 21 heavy (non-hydrogen) atoms. The molecule has 2 rings (SSSR count). The van der Waals surface area contributed by atoms with Crippen LogP contribution in [0.2, 0.25) is 0 Å². The SMILES string of the molecule is CCCCCOCC(=O)Oc1ccc2c(c1)C(=O)CCN2. The fraction of sp³-hybridized carbons (Fsp3) is 0.500. The summed E-state index contributed by atoms with van der Waals surface area (Å²) in [6, 6.07) is 5.05. The van der Waals surface area contributed by atoms with Crippen LogP contribution in [0.3, 0.4) is 0 Å². The number of ketones is 1. The molecule has 0 atom stereocenters. The number of carbonyl (C=O) groups is 2. The van der Waals surface area contributed by atoms with Crippen molar-refractivity contribution in [3.8, 4) is 5.75 Å². The van der Waals surface area contributed by atoms with Crippen molar-refractivity contribution in [2.24, 2.45) is 0 Å². The molecule has 1 aromatic rings. The van der Waals surface area contributed by atoms with Crippen LogP contribution in [-0.4, -0.2) is 31.5 Å². The first-order valence-corrected chi connectivity index (χ1v) is 7.40. The van der Waals surface area contributed by atoms with Gasteiger partial charge >= 0.3 is 5.97 Å². The highest BCUT2D eigenvalue weighted by Gasteiger charge is 2.18. The fourth-order valence-electron chi connectivity index (χ4n) is 2.19. The second-order valence-electron chi connectivity index (χ2n) is 5.04. The van der Waals surface area contributed by atoms with Gasteiger partial charge < -0.3 is 14.8 Å². The van der Waals surface area contributed by atoms with Gasteiger partial charge in [0.05, 0.1) is 0 Å². The van der Waals surface area contributed by atoms with Crippen molar-refractivity contribution in [2.45, 2.75) is 32.6 Å². The van der Waals surface area contributed by atoms with Crippen molar-refractivity contribution in [3.05, 3.63) is 23.8 Å². The highest BCUT2D eigenvalue weighted by molar-refractivity contribution is 6.03. The Kier molecular flexibility index (Phi) is 5.75. The minimum absolute atomic E-state index is 0.0625. The van der Waals surface area contributed by atoms with Crippen molar-refractivity contribution in [2.75, 3.05) is 25.1 Å². The Morgan fingerprint density at radius 1 is 1.33 bits per heavy atom. The lowest BCUT2D eigenvalue weighted by molar-refractivity contribution is -0.139. The quantitative estimate of drug-likeness (QED) is 0.475. The maximum absolute atomic E-state index is 11.8. The summed E-state index contributed by atoms with van der Waals surface area (Å²) in [6.45, 7) is 3.26. The topological polar surface area (TPSA) is 64.6 Å². The summed E-state index contributed by atoms with van der Waals surface area (Å²) in [7, 11) is 0. The summed E-state index contributed by atoms with van der Waals surface area (Å²) < 4.78 is 10.4. The van der Waals surface area contributed by atoms with Crippen LogP contribution in [0.4, 0.5) is 5.69 Å².